The van der Waals surface area contributed by atoms with Crippen LogP contribution in [0, 0.1) is 17.3 Å². The minimum Gasteiger partial charge on any atom is -0.467 e. The van der Waals surface area contributed by atoms with Crippen molar-refractivity contribution in [3.63, 3.8) is 0 Å². The number of hydrogen-bond donors (Lipinski definition) is 2. The van der Waals surface area contributed by atoms with Gasteiger partial charge in [-0.05, 0) is 48.3 Å². The molecule has 1 aromatic heterocycles. The maximum atomic E-state index is 13.0. The molecule has 4 atom stereocenters. The van der Waals surface area contributed by atoms with E-state index in [1.54, 1.807) is 17.4 Å². The van der Waals surface area contributed by atoms with E-state index in [1.807, 2.05) is 35.7 Å². The van der Waals surface area contributed by atoms with E-state index in [0.717, 1.165) is 24.1 Å². The van der Waals surface area contributed by atoms with E-state index in [4.69, 9.17) is 4.74 Å². The second-order valence-electron chi connectivity index (χ2n) is 8.59. The molecule has 28 heavy (non-hydrogen) atoms. The lowest BCUT2D eigenvalue weighted by molar-refractivity contribution is -0.167. The van der Waals surface area contributed by atoms with Crippen LogP contribution in [0.2, 0.25) is 0 Å². The van der Waals surface area contributed by atoms with Crippen LogP contribution >= 0.6 is 11.3 Å². The maximum Gasteiger partial charge on any atom is 0.258 e. The molecular weight excluding hydrogens is 372 g/mol. The molecule has 1 aromatic carbocycles. The van der Waals surface area contributed by atoms with Gasteiger partial charge in [-0.15, -0.1) is 11.3 Å². The lowest BCUT2D eigenvalue weighted by atomic mass is 9.52. The monoisotopic (exact) mass is 396 g/mol. The second kappa shape index (κ2) is 6.34. The number of benzene rings is 1. The molecule has 2 aromatic rings. The zero-order valence-corrected chi connectivity index (χ0v) is 16.7. The molecule has 5 nitrogen and oxygen atoms in total. The molecule has 3 aliphatic carbocycles. The highest BCUT2D eigenvalue weighted by Crippen LogP contribution is 2.58. The number of para-hydroxylation sites is 1. The molecule has 0 radical (unpaired) electrons. The zero-order valence-electron chi connectivity index (χ0n) is 15.9. The number of nitrogens with one attached hydrogen (secondary N) is 2. The third-order valence-electron chi connectivity index (χ3n) is 6.83. The van der Waals surface area contributed by atoms with E-state index in [1.165, 1.54) is 0 Å². The van der Waals surface area contributed by atoms with Crippen molar-refractivity contribution in [2.45, 2.75) is 44.9 Å². The molecule has 2 amide bonds. The molecule has 1 spiro atoms. The molecule has 2 N–H and O–H groups in total. The highest BCUT2D eigenvalue weighted by Gasteiger charge is 2.61. The normalized spacial score (nSPS) is 33.1. The average molecular weight is 397 g/mol. The summed E-state index contributed by atoms with van der Waals surface area (Å²) < 4.78 is 6.41. The highest BCUT2D eigenvalue weighted by molar-refractivity contribution is 7.09. The predicted molar refractivity (Wildman–Crippen MR) is 107 cm³/mol. The lowest BCUT2D eigenvalue weighted by Gasteiger charge is -2.59. The first-order valence-corrected chi connectivity index (χ1v) is 10.8. The van der Waals surface area contributed by atoms with Crippen LogP contribution in [-0.2, 0) is 11.3 Å². The molecule has 146 valence electrons. The summed E-state index contributed by atoms with van der Waals surface area (Å²) in [6.45, 7) is 2.76. The van der Waals surface area contributed by atoms with Gasteiger partial charge in [-0.3, -0.25) is 9.59 Å². The van der Waals surface area contributed by atoms with Crippen LogP contribution in [0.4, 0.5) is 0 Å². The van der Waals surface area contributed by atoms with Crippen molar-refractivity contribution in [1.29, 1.82) is 0 Å². The molecule has 3 saturated carbocycles. The van der Waals surface area contributed by atoms with E-state index in [9.17, 15) is 9.59 Å². The minimum atomic E-state index is -0.691. The molecule has 2 bridgehead atoms. The number of fused-ring (bicyclic) bond motifs is 3. The second-order valence-corrected chi connectivity index (χ2v) is 9.63. The van der Waals surface area contributed by atoms with Crippen molar-refractivity contribution >= 4 is 23.2 Å². The van der Waals surface area contributed by atoms with Gasteiger partial charge in [-0.1, -0.05) is 25.1 Å². The predicted octanol–water partition coefficient (Wildman–Crippen LogP) is 3.71. The summed E-state index contributed by atoms with van der Waals surface area (Å²) >= 11 is 1.66. The van der Waals surface area contributed by atoms with Gasteiger partial charge in [-0.2, -0.15) is 0 Å². The first kappa shape index (κ1) is 17.7. The summed E-state index contributed by atoms with van der Waals surface area (Å²) in [6.07, 6.45) is 3.36. The number of carbonyl (C=O) groups is 2. The van der Waals surface area contributed by atoms with E-state index >= 15 is 0 Å². The summed E-state index contributed by atoms with van der Waals surface area (Å²) in [5.74, 6) is 0.800. The molecular formula is C22H24N2O3S. The Morgan fingerprint density at radius 3 is 2.96 bits per heavy atom. The van der Waals surface area contributed by atoms with Crippen molar-refractivity contribution in [3.8, 4) is 5.75 Å². The fourth-order valence-corrected chi connectivity index (χ4v) is 6.01. The summed E-state index contributed by atoms with van der Waals surface area (Å²) in [6, 6.07) is 11.4. The van der Waals surface area contributed by atoms with E-state index in [-0.39, 0.29) is 29.1 Å². The van der Waals surface area contributed by atoms with Gasteiger partial charge in [0.2, 0.25) is 5.91 Å². The van der Waals surface area contributed by atoms with Crippen LogP contribution in [0.5, 0.6) is 5.75 Å². The minimum absolute atomic E-state index is 0.0468. The van der Waals surface area contributed by atoms with E-state index in [2.05, 4.69) is 17.6 Å². The number of amides is 2. The van der Waals surface area contributed by atoms with Gasteiger partial charge in [-0.25, -0.2) is 0 Å². The highest BCUT2D eigenvalue weighted by atomic mass is 32.1. The third-order valence-corrected chi connectivity index (χ3v) is 7.71. The first-order chi connectivity index (χ1) is 13.5. The standard InChI is InChI=1S/C22H24N2O3S/c1-21-9-8-14(11-17(21)20(26)23-12-15-5-4-10-28-15)22(13-21)24-19(25)16-6-2-3-7-18(16)27-22/h2-7,10,14,17H,8-9,11-13H2,1H3,(H,23,26)(H,24,25)/t14-,17-,21-,22+/m1/s1. The van der Waals surface area contributed by atoms with E-state index in [0.29, 0.717) is 24.3 Å². The lowest BCUT2D eigenvalue weighted by Crippen LogP contribution is -2.69. The van der Waals surface area contributed by atoms with Crippen molar-refractivity contribution in [2.24, 2.45) is 17.3 Å². The fraction of sp³-hybridized carbons (Fsp3) is 0.455. The van der Waals surface area contributed by atoms with Crippen LogP contribution in [0.15, 0.2) is 41.8 Å². The van der Waals surface area contributed by atoms with Gasteiger partial charge in [0.15, 0.2) is 5.72 Å². The molecule has 6 rings (SSSR count). The Morgan fingerprint density at radius 2 is 2.18 bits per heavy atom. The Balaban J connectivity index is 1.37. The largest absolute Gasteiger partial charge is 0.467 e. The van der Waals surface area contributed by atoms with Gasteiger partial charge >= 0.3 is 0 Å². The van der Waals surface area contributed by atoms with Crippen LogP contribution in [0.1, 0.15) is 47.8 Å². The number of thiophene rings is 1. The van der Waals surface area contributed by atoms with Crippen molar-refractivity contribution < 1.29 is 14.3 Å². The SMILES string of the molecule is C[C@]12CC[C@H](C[C@@H]1C(=O)NCc1cccs1)[C@@]1(C2)NC(=O)c2ccccc2O1. The third kappa shape index (κ3) is 2.73. The molecule has 1 aliphatic heterocycles. The Morgan fingerprint density at radius 1 is 1.32 bits per heavy atom. The summed E-state index contributed by atoms with van der Waals surface area (Å²) in [5.41, 5.74) is -0.290. The van der Waals surface area contributed by atoms with Crippen LogP contribution in [0.25, 0.3) is 0 Å². The van der Waals surface area contributed by atoms with Crippen LogP contribution in [0.3, 0.4) is 0 Å². The van der Waals surface area contributed by atoms with Gasteiger partial charge in [0.25, 0.3) is 5.91 Å². The number of ether oxygens (including phenoxy) is 1. The van der Waals surface area contributed by atoms with Gasteiger partial charge < -0.3 is 15.4 Å². The van der Waals surface area contributed by atoms with Gasteiger partial charge in [0.1, 0.15) is 5.75 Å². The van der Waals surface area contributed by atoms with Crippen molar-refractivity contribution in [3.05, 3.63) is 52.2 Å². The average Bonchev–Trinajstić information content (AvgIpc) is 3.19. The number of carbonyl (C=O) groups excluding carboxylic acids is 2. The van der Waals surface area contributed by atoms with Crippen molar-refractivity contribution in [2.75, 3.05) is 0 Å². The molecule has 3 fully saturated rings. The zero-order chi connectivity index (χ0) is 19.4. The molecule has 6 heteroatoms. The molecule has 2 heterocycles. The maximum absolute atomic E-state index is 13.0. The Bertz CT molecular complexity index is 928. The van der Waals surface area contributed by atoms with Crippen LogP contribution in [-0.4, -0.2) is 17.5 Å². The smallest absolute Gasteiger partial charge is 0.258 e. The van der Waals surface area contributed by atoms with Gasteiger partial charge in [0, 0.05) is 23.1 Å². The van der Waals surface area contributed by atoms with Crippen LogP contribution < -0.4 is 15.4 Å². The van der Waals surface area contributed by atoms with Crippen molar-refractivity contribution in [1.82, 2.24) is 10.6 Å². The quantitative estimate of drug-likeness (QED) is 0.831. The Labute approximate surface area is 168 Å². The molecule has 0 saturated heterocycles. The first-order valence-electron chi connectivity index (χ1n) is 9.90. The summed E-state index contributed by atoms with van der Waals surface area (Å²) in [5, 5.41) is 8.32. The summed E-state index contributed by atoms with van der Waals surface area (Å²) in [7, 11) is 0. The Kier molecular flexibility index (Phi) is 4.02. The molecule has 0 unspecified atom stereocenters. The Hall–Kier alpha value is -2.34. The molecule has 4 aliphatic rings. The number of hydrogen-bond acceptors (Lipinski definition) is 4. The number of rotatable bonds is 3. The van der Waals surface area contributed by atoms with E-state index < -0.39 is 5.72 Å². The summed E-state index contributed by atoms with van der Waals surface area (Å²) in [4.78, 5) is 26.9. The fourth-order valence-electron chi connectivity index (χ4n) is 5.37. The van der Waals surface area contributed by atoms with Gasteiger partial charge in [0.05, 0.1) is 12.1 Å². The topological polar surface area (TPSA) is 67.4 Å².